The Kier molecular flexibility index (Phi) is 3.44. The average Bonchev–Trinajstić information content (AvgIpc) is 2.82. The summed E-state index contributed by atoms with van der Waals surface area (Å²) in [4.78, 5) is 2.25. The van der Waals surface area contributed by atoms with Crippen molar-refractivity contribution in [2.45, 2.75) is 18.9 Å². The monoisotopic (exact) mass is 274 g/mol. The highest BCUT2D eigenvalue weighted by Crippen LogP contribution is 2.33. The number of nitrogens with two attached hydrogens (primary N) is 1. The molecule has 0 atom stereocenters. The van der Waals surface area contributed by atoms with Crippen LogP contribution in [0.3, 0.4) is 0 Å². The van der Waals surface area contributed by atoms with Crippen LogP contribution in [0.15, 0.2) is 30.5 Å². The van der Waals surface area contributed by atoms with Crippen LogP contribution in [0.4, 0.5) is 10.1 Å². The number of nitrogens with zero attached hydrogens (tertiary/aromatic N) is 3. The van der Waals surface area contributed by atoms with Gasteiger partial charge in [0, 0.05) is 31.7 Å². The Morgan fingerprint density at radius 2 is 1.95 bits per heavy atom. The Morgan fingerprint density at radius 1 is 1.25 bits per heavy atom. The molecule has 20 heavy (non-hydrogen) atoms. The zero-order valence-corrected chi connectivity index (χ0v) is 11.6. The number of aryl methyl sites for hydroxylation is 1. The normalized spacial score (nSPS) is 16.6. The molecule has 1 aromatic heterocycles. The molecule has 0 unspecified atom stereocenters. The van der Waals surface area contributed by atoms with E-state index in [9.17, 15) is 4.39 Å². The summed E-state index contributed by atoms with van der Waals surface area (Å²) in [6.07, 6.45) is 3.75. The van der Waals surface area contributed by atoms with Crippen molar-refractivity contribution in [3.63, 3.8) is 0 Å². The van der Waals surface area contributed by atoms with Crippen LogP contribution in [0.5, 0.6) is 0 Å². The van der Waals surface area contributed by atoms with E-state index in [-0.39, 0.29) is 11.9 Å². The van der Waals surface area contributed by atoms with E-state index in [0.29, 0.717) is 5.56 Å². The average molecular weight is 274 g/mol. The van der Waals surface area contributed by atoms with Gasteiger partial charge in [0.1, 0.15) is 5.82 Å². The molecule has 1 saturated heterocycles. The van der Waals surface area contributed by atoms with Gasteiger partial charge in [0.05, 0.1) is 17.6 Å². The van der Waals surface area contributed by atoms with Crippen LogP contribution < -0.4 is 10.6 Å². The first-order valence-corrected chi connectivity index (χ1v) is 6.94. The lowest BCUT2D eigenvalue weighted by Crippen LogP contribution is -2.39. The molecule has 4 nitrogen and oxygen atoms in total. The molecule has 1 aliphatic heterocycles. The molecule has 1 fully saturated rings. The van der Waals surface area contributed by atoms with Crippen LogP contribution in [0, 0.1) is 5.82 Å². The van der Waals surface area contributed by atoms with Crippen molar-refractivity contribution in [2.75, 3.05) is 18.0 Å². The molecule has 0 bridgehead atoms. The largest absolute Gasteiger partial charge is 0.368 e. The van der Waals surface area contributed by atoms with Gasteiger partial charge in [0.2, 0.25) is 0 Å². The summed E-state index contributed by atoms with van der Waals surface area (Å²) in [5.74, 6) is -0.217. The van der Waals surface area contributed by atoms with E-state index in [0.717, 1.165) is 37.3 Å². The number of hydrogen-bond donors (Lipinski definition) is 1. The summed E-state index contributed by atoms with van der Waals surface area (Å²) in [6, 6.07) is 7.11. The summed E-state index contributed by atoms with van der Waals surface area (Å²) in [7, 11) is 1.85. The molecular formula is C15H19FN4. The van der Waals surface area contributed by atoms with E-state index in [1.807, 2.05) is 19.3 Å². The third-order valence-corrected chi connectivity index (χ3v) is 3.93. The molecule has 0 saturated carbocycles. The second kappa shape index (κ2) is 5.25. The van der Waals surface area contributed by atoms with Crippen molar-refractivity contribution < 1.29 is 4.39 Å². The molecule has 3 rings (SSSR count). The highest BCUT2D eigenvalue weighted by atomic mass is 19.1. The predicted molar refractivity (Wildman–Crippen MR) is 78.0 cm³/mol. The number of aromatic nitrogens is 2. The van der Waals surface area contributed by atoms with Crippen molar-refractivity contribution in [3.05, 3.63) is 36.3 Å². The molecule has 2 N–H and O–H groups in total. The van der Waals surface area contributed by atoms with Gasteiger partial charge in [-0.3, -0.25) is 4.68 Å². The van der Waals surface area contributed by atoms with Crippen molar-refractivity contribution in [1.82, 2.24) is 9.78 Å². The fraction of sp³-hybridized carbons (Fsp3) is 0.400. The van der Waals surface area contributed by atoms with Crippen molar-refractivity contribution in [2.24, 2.45) is 12.8 Å². The van der Waals surface area contributed by atoms with Crippen molar-refractivity contribution in [1.29, 1.82) is 0 Å². The molecule has 106 valence electrons. The molecule has 2 aromatic rings. The topological polar surface area (TPSA) is 47.1 Å². The van der Waals surface area contributed by atoms with Gasteiger partial charge >= 0.3 is 0 Å². The van der Waals surface area contributed by atoms with E-state index in [4.69, 9.17) is 5.73 Å². The number of rotatable bonds is 2. The van der Waals surface area contributed by atoms with Crippen molar-refractivity contribution in [3.8, 4) is 11.3 Å². The zero-order valence-electron chi connectivity index (χ0n) is 11.6. The van der Waals surface area contributed by atoms with Crippen LogP contribution in [-0.2, 0) is 7.05 Å². The van der Waals surface area contributed by atoms with Gasteiger partial charge in [0.15, 0.2) is 0 Å². The molecule has 0 amide bonds. The smallest absolute Gasteiger partial charge is 0.132 e. The first-order valence-electron chi connectivity index (χ1n) is 6.94. The molecule has 1 aromatic carbocycles. The lowest BCUT2D eigenvalue weighted by molar-refractivity contribution is 0.501. The fourth-order valence-corrected chi connectivity index (χ4v) is 2.76. The highest BCUT2D eigenvalue weighted by Gasteiger charge is 2.22. The van der Waals surface area contributed by atoms with E-state index in [1.165, 1.54) is 6.07 Å². The van der Waals surface area contributed by atoms with Crippen LogP contribution in [0.2, 0.25) is 0 Å². The lowest BCUT2D eigenvalue weighted by Gasteiger charge is -2.31. The molecule has 5 heteroatoms. The quantitative estimate of drug-likeness (QED) is 0.913. The van der Waals surface area contributed by atoms with Gasteiger partial charge in [-0.15, -0.1) is 0 Å². The Bertz CT molecular complexity index is 600. The number of piperidine rings is 1. The molecule has 0 aliphatic carbocycles. The minimum atomic E-state index is -0.217. The lowest BCUT2D eigenvalue weighted by atomic mass is 10.0. The minimum Gasteiger partial charge on any atom is -0.368 e. The number of anilines is 1. The van der Waals surface area contributed by atoms with Gasteiger partial charge in [-0.2, -0.15) is 5.10 Å². The zero-order chi connectivity index (χ0) is 14.1. The van der Waals surface area contributed by atoms with Gasteiger partial charge in [-0.25, -0.2) is 4.39 Å². The summed E-state index contributed by atoms with van der Waals surface area (Å²) >= 11 is 0. The maximum Gasteiger partial charge on any atom is 0.132 e. The molecule has 2 heterocycles. The van der Waals surface area contributed by atoms with E-state index in [2.05, 4.69) is 10.00 Å². The van der Waals surface area contributed by atoms with E-state index < -0.39 is 0 Å². The van der Waals surface area contributed by atoms with Gasteiger partial charge in [-0.05, 0) is 25.0 Å². The number of halogens is 1. The van der Waals surface area contributed by atoms with E-state index in [1.54, 1.807) is 16.8 Å². The van der Waals surface area contributed by atoms with E-state index >= 15 is 0 Å². The molecule has 1 aliphatic rings. The Labute approximate surface area is 118 Å². The number of hydrogen-bond acceptors (Lipinski definition) is 3. The summed E-state index contributed by atoms with van der Waals surface area (Å²) < 4.78 is 15.8. The van der Waals surface area contributed by atoms with Crippen LogP contribution in [-0.4, -0.2) is 28.9 Å². The maximum atomic E-state index is 14.1. The predicted octanol–water partition coefficient (Wildman–Crippen LogP) is 2.15. The van der Waals surface area contributed by atoms with Gasteiger partial charge in [0.25, 0.3) is 0 Å². The van der Waals surface area contributed by atoms with Crippen LogP contribution >= 0.6 is 0 Å². The van der Waals surface area contributed by atoms with Crippen LogP contribution in [0.25, 0.3) is 11.3 Å². The SMILES string of the molecule is Cn1ncc(N2CCC(N)CC2)c1-c1ccccc1F. The summed E-state index contributed by atoms with van der Waals surface area (Å²) in [6.45, 7) is 1.79. The Morgan fingerprint density at radius 3 is 2.65 bits per heavy atom. The van der Waals surface area contributed by atoms with Crippen LogP contribution in [0.1, 0.15) is 12.8 Å². The molecule has 0 spiro atoms. The van der Waals surface area contributed by atoms with Gasteiger partial charge in [-0.1, -0.05) is 12.1 Å². The van der Waals surface area contributed by atoms with Gasteiger partial charge < -0.3 is 10.6 Å². The summed E-state index contributed by atoms with van der Waals surface area (Å²) in [5.41, 5.74) is 8.36. The first-order chi connectivity index (χ1) is 9.66. The second-order valence-corrected chi connectivity index (χ2v) is 5.31. The Balaban J connectivity index is 2.00. The number of benzene rings is 1. The third-order valence-electron chi connectivity index (χ3n) is 3.93. The highest BCUT2D eigenvalue weighted by molar-refractivity contribution is 5.75. The Hall–Kier alpha value is -1.88. The third kappa shape index (κ3) is 2.29. The fourth-order valence-electron chi connectivity index (χ4n) is 2.76. The van der Waals surface area contributed by atoms with Crippen molar-refractivity contribution >= 4 is 5.69 Å². The minimum absolute atomic E-state index is 0.217. The maximum absolute atomic E-state index is 14.1. The first kappa shape index (κ1) is 13.1. The molecule has 0 radical (unpaired) electrons. The molecular weight excluding hydrogens is 255 g/mol. The standard InChI is InChI=1S/C15H19FN4/c1-19-15(12-4-2-3-5-13(12)16)14(10-18-19)20-8-6-11(17)7-9-20/h2-5,10-11H,6-9,17H2,1H3. The second-order valence-electron chi connectivity index (χ2n) is 5.31. The summed E-state index contributed by atoms with van der Waals surface area (Å²) in [5, 5.41) is 4.31.